The third-order valence-corrected chi connectivity index (χ3v) is 4.04. The first-order valence-electron chi connectivity index (χ1n) is 5.27. The summed E-state index contributed by atoms with van der Waals surface area (Å²) >= 11 is 1.45. The molecule has 90 valence electrons. The molecule has 1 aliphatic rings. The Morgan fingerprint density at radius 1 is 1.35 bits per heavy atom. The van der Waals surface area contributed by atoms with Crippen LogP contribution in [0.1, 0.15) is 17.9 Å². The van der Waals surface area contributed by atoms with E-state index >= 15 is 0 Å². The molecule has 2 rings (SSSR count). The number of nitrogens with zero attached hydrogens (tertiary/aromatic N) is 1. The molecule has 0 aliphatic carbocycles. The standard InChI is InChI=1S/C12H13NO3S/c1-8(14)13-10(12(15)16)7-17-11(13)9-5-3-2-4-6-9/h2-6,10-11H,7H2,1H3,(H,15,16)/p-1. The van der Waals surface area contributed by atoms with Crippen LogP contribution in [-0.4, -0.2) is 28.6 Å². The molecule has 1 amide bonds. The summed E-state index contributed by atoms with van der Waals surface area (Å²) in [4.78, 5) is 23.9. The lowest BCUT2D eigenvalue weighted by molar-refractivity contribution is -0.310. The number of hydrogen-bond acceptors (Lipinski definition) is 4. The molecule has 4 nitrogen and oxygen atoms in total. The van der Waals surface area contributed by atoms with E-state index < -0.39 is 12.0 Å². The maximum absolute atomic E-state index is 11.6. The first-order chi connectivity index (χ1) is 8.11. The molecule has 1 fully saturated rings. The molecular formula is C12H12NO3S-. The Morgan fingerprint density at radius 3 is 2.53 bits per heavy atom. The minimum atomic E-state index is -1.19. The second-order valence-electron chi connectivity index (χ2n) is 3.86. The van der Waals surface area contributed by atoms with Gasteiger partial charge in [-0.05, 0) is 5.56 Å². The average Bonchev–Trinajstić information content (AvgIpc) is 2.74. The van der Waals surface area contributed by atoms with Gasteiger partial charge in [-0.15, -0.1) is 11.8 Å². The number of carbonyl (C=O) groups is 2. The third-order valence-electron chi connectivity index (χ3n) is 2.72. The Balaban J connectivity index is 2.30. The summed E-state index contributed by atoms with van der Waals surface area (Å²) in [5.74, 6) is -1.05. The molecule has 2 unspecified atom stereocenters. The van der Waals surface area contributed by atoms with E-state index in [1.807, 2.05) is 30.3 Å². The highest BCUT2D eigenvalue weighted by molar-refractivity contribution is 7.99. The summed E-state index contributed by atoms with van der Waals surface area (Å²) in [7, 11) is 0. The smallest absolute Gasteiger partial charge is 0.221 e. The Morgan fingerprint density at radius 2 is 2.00 bits per heavy atom. The largest absolute Gasteiger partial charge is 0.548 e. The lowest BCUT2D eigenvalue weighted by Gasteiger charge is -2.28. The van der Waals surface area contributed by atoms with Crippen molar-refractivity contribution in [1.29, 1.82) is 0 Å². The van der Waals surface area contributed by atoms with Crippen LogP contribution in [0.2, 0.25) is 0 Å². The number of benzene rings is 1. The molecule has 1 heterocycles. The van der Waals surface area contributed by atoms with Crippen molar-refractivity contribution in [3.05, 3.63) is 35.9 Å². The van der Waals surface area contributed by atoms with Crippen LogP contribution in [0.3, 0.4) is 0 Å². The minimum Gasteiger partial charge on any atom is -0.548 e. The molecule has 1 aromatic carbocycles. The summed E-state index contributed by atoms with van der Waals surface area (Å²) in [6.07, 6.45) is 0. The van der Waals surface area contributed by atoms with Crippen molar-refractivity contribution in [2.45, 2.75) is 18.3 Å². The van der Waals surface area contributed by atoms with Crippen molar-refractivity contribution in [2.24, 2.45) is 0 Å². The van der Waals surface area contributed by atoms with Gasteiger partial charge in [-0.25, -0.2) is 0 Å². The average molecular weight is 250 g/mol. The maximum atomic E-state index is 11.6. The van der Waals surface area contributed by atoms with Crippen LogP contribution in [0.5, 0.6) is 0 Å². The van der Waals surface area contributed by atoms with E-state index in [0.29, 0.717) is 5.75 Å². The van der Waals surface area contributed by atoms with Gasteiger partial charge in [-0.1, -0.05) is 30.3 Å². The fourth-order valence-corrected chi connectivity index (χ4v) is 3.41. The maximum Gasteiger partial charge on any atom is 0.221 e. The summed E-state index contributed by atoms with van der Waals surface area (Å²) in [5.41, 5.74) is 0.941. The van der Waals surface area contributed by atoms with E-state index in [2.05, 4.69) is 0 Å². The number of amides is 1. The fourth-order valence-electron chi connectivity index (χ4n) is 1.95. The summed E-state index contributed by atoms with van der Waals surface area (Å²) in [6, 6.07) is 8.59. The molecule has 1 aliphatic heterocycles. The van der Waals surface area contributed by atoms with Crippen LogP contribution in [-0.2, 0) is 9.59 Å². The molecule has 5 heteroatoms. The number of rotatable bonds is 2. The third kappa shape index (κ3) is 2.29. The topological polar surface area (TPSA) is 60.4 Å². The second kappa shape index (κ2) is 4.79. The van der Waals surface area contributed by atoms with Gasteiger partial charge in [0, 0.05) is 12.7 Å². The van der Waals surface area contributed by atoms with Crippen molar-refractivity contribution in [1.82, 2.24) is 4.90 Å². The summed E-state index contributed by atoms with van der Waals surface area (Å²) in [6.45, 7) is 1.39. The first-order valence-corrected chi connectivity index (χ1v) is 6.32. The molecular weight excluding hydrogens is 238 g/mol. The van der Waals surface area contributed by atoms with Crippen molar-refractivity contribution >= 4 is 23.6 Å². The van der Waals surface area contributed by atoms with Gasteiger partial charge in [0.2, 0.25) is 5.91 Å². The predicted molar refractivity (Wildman–Crippen MR) is 63.0 cm³/mol. The van der Waals surface area contributed by atoms with Gasteiger partial charge < -0.3 is 14.8 Å². The monoisotopic (exact) mass is 250 g/mol. The van der Waals surface area contributed by atoms with Gasteiger partial charge in [-0.2, -0.15) is 0 Å². The number of aliphatic carboxylic acids is 1. The second-order valence-corrected chi connectivity index (χ2v) is 4.97. The first kappa shape index (κ1) is 12.0. The molecule has 0 N–H and O–H groups in total. The molecule has 0 spiro atoms. The minimum absolute atomic E-state index is 0.225. The van der Waals surface area contributed by atoms with Gasteiger partial charge in [0.15, 0.2) is 0 Å². The normalized spacial score (nSPS) is 23.7. The molecule has 0 radical (unpaired) electrons. The Labute approximate surface area is 104 Å². The van der Waals surface area contributed by atoms with Crippen LogP contribution in [0.15, 0.2) is 30.3 Å². The number of carboxylic acid groups (broad SMARTS) is 1. The molecule has 1 saturated heterocycles. The van der Waals surface area contributed by atoms with Gasteiger partial charge in [-0.3, -0.25) is 4.79 Å². The Hall–Kier alpha value is -1.49. The lowest BCUT2D eigenvalue weighted by Crippen LogP contribution is -2.48. The van der Waals surface area contributed by atoms with Crippen LogP contribution >= 0.6 is 11.8 Å². The number of thioether (sulfide) groups is 1. The van der Waals surface area contributed by atoms with Crippen molar-refractivity contribution in [3.8, 4) is 0 Å². The number of hydrogen-bond donors (Lipinski definition) is 0. The van der Waals surface area contributed by atoms with Gasteiger partial charge >= 0.3 is 0 Å². The predicted octanol–water partition coefficient (Wildman–Crippen LogP) is 0.399. The fraction of sp³-hybridized carbons (Fsp3) is 0.333. The van der Waals surface area contributed by atoms with E-state index in [4.69, 9.17) is 0 Å². The van der Waals surface area contributed by atoms with Gasteiger partial charge in [0.1, 0.15) is 5.37 Å². The van der Waals surface area contributed by atoms with Crippen molar-refractivity contribution in [3.63, 3.8) is 0 Å². The zero-order valence-electron chi connectivity index (χ0n) is 9.33. The van der Waals surface area contributed by atoms with Crippen LogP contribution in [0.25, 0.3) is 0 Å². The Kier molecular flexibility index (Phi) is 3.38. The molecule has 0 bridgehead atoms. The van der Waals surface area contributed by atoms with Gasteiger partial charge in [0.05, 0.1) is 12.0 Å². The highest BCUT2D eigenvalue weighted by atomic mass is 32.2. The van der Waals surface area contributed by atoms with Crippen molar-refractivity contribution in [2.75, 3.05) is 5.75 Å². The van der Waals surface area contributed by atoms with E-state index in [0.717, 1.165) is 5.56 Å². The Bertz CT molecular complexity index is 435. The molecule has 2 atom stereocenters. The molecule has 0 aromatic heterocycles. The van der Waals surface area contributed by atoms with Crippen molar-refractivity contribution < 1.29 is 14.7 Å². The highest BCUT2D eigenvalue weighted by Gasteiger charge is 2.37. The SMILES string of the molecule is CC(=O)N1C(C(=O)[O-])CSC1c1ccccc1. The molecule has 1 aromatic rings. The van der Waals surface area contributed by atoms with Crippen LogP contribution in [0, 0.1) is 0 Å². The van der Waals surface area contributed by atoms with E-state index in [9.17, 15) is 14.7 Å². The summed E-state index contributed by atoms with van der Waals surface area (Å²) < 4.78 is 0. The zero-order chi connectivity index (χ0) is 12.4. The molecule has 17 heavy (non-hydrogen) atoms. The summed E-state index contributed by atoms with van der Waals surface area (Å²) in [5, 5.41) is 10.7. The quantitative estimate of drug-likeness (QED) is 0.762. The van der Waals surface area contributed by atoms with Crippen LogP contribution in [0.4, 0.5) is 0 Å². The number of carboxylic acids is 1. The van der Waals surface area contributed by atoms with E-state index in [-0.39, 0.29) is 11.3 Å². The lowest BCUT2D eigenvalue weighted by atomic mass is 10.2. The zero-order valence-corrected chi connectivity index (χ0v) is 10.1. The highest BCUT2D eigenvalue weighted by Crippen LogP contribution is 2.40. The number of carbonyl (C=O) groups excluding carboxylic acids is 2. The van der Waals surface area contributed by atoms with Crippen LogP contribution < -0.4 is 5.11 Å². The van der Waals surface area contributed by atoms with E-state index in [1.165, 1.54) is 23.6 Å². The van der Waals surface area contributed by atoms with E-state index in [1.54, 1.807) is 0 Å². The molecule has 0 saturated carbocycles. The van der Waals surface area contributed by atoms with Gasteiger partial charge in [0.25, 0.3) is 0 Å².